The smallest absolute Gasteiger partial charge is 0.212 e. The summed E-state index contributed by atoms with van der Waals surface area (Å²) in [4.78, 5) is 0. The Morgan fingerprint density at radius 2 is 1.48 bits per heavy atom. The molecule has 0 aliphatic heterocycles. The van der Waals surface area contributed by atoms with E-state index in [9.17, 15) is 13.7 Å². The number of ether oxygens (including phenoxy) is 2. The van der Waals surface area contributed by atoms with Gasteiger partial charge in [-0.05, 0) is 67.5 Å². The first-order valence-corrected chi connectivity index (χ1v) is 11.7. The highest BCUT2D eigenvalue weighted by Crippen LogP contribution is 2.36. The van der Waals surface area contributed by atoms with Crippen molar-refractivity contribution in [3.05, 3.63) is 72.3 Å². The Kier molecular flexibility index (Phi) is 8.66. The van der Waals surface area contributed by atoms with Crippen molar-refractivity contribution in [2.24, 2.45) is 10.6 Å². The van der Waals surface area contributed by atoms with Gasteiger partial charge in [-0.1, -0.05) is 30.3 Å². The molecule has 7 heteroatoms. The number of hydrogen-bond acceptors (Lipinski definition) is 5. The fourth-order valence-corrected chi connectivity index (χ4v) is 4.74. The van der Waals surface area contributed by atoms with Crippen molar-refractivity contribution in [3.8, 4) is 17.6 Å². The van der Waals surface area contributed by atoms with Crippen molar-refractivity contribution in [3.63, 3.8) is 0 Å². The van der Waals surface area contributed by atoms with E-state index in [0.717, 1.165) is 22.6 Å². The molecule has 0 aromatic heterocycles. The zero-order valence-corrected chi connectivity index (χ0v) is 18.9. The molecule has 2 rings (SSSR count). The van der Waals surface area contributed by atoms with Gasteiger partial charge in [0.1, 0.15) is 11.5 Å². The van der Waals surface area contributed by atoms with Gasteiger partial charge >= 0.3 is 0 Å². The van der Waals surface area contributed by atoms with Gasteiger partial charge in [-0.2, -0.15) is 5.26 Å². The Hall–Kier alpha value is -2.82. The average Bonchev–Trinajstić information content (AvgIpc) is 2.76. The molecule has 2 aromatic carbocycles. The number of primary sulfonamides is 1. The van der Waals surface area contributed by atoms with Crippen LogP contribution in [-0.4, -0.2) is 27.9 Å². The Morgan fingerprint density at radius 3 is 1.81 bits per heavy atom. The Morgan fingerprint density at radius 1 is 1.03 bits per heavy atom. The molecule has 166 valence electrons. The van der Waals surface area contributed by atoms with Gasteiger partial charge in [-0.25, -0.2) is 13.6 Å². The third-order valence-corrected chi connectivity index (χ3v) is 6.75. The van der Waals surface area contributed by atoms with Crippen LogP contribution in [-0.2, 0) is 22.9 Å². The van der Waals surface area contributed by atoms with E-state index in [1.54, 1.807) is 20.3 Å². The number of rotatable bonds is 12. The maximum Gasteiger partial charge on any atom is 0.212 e. The molecule has 0 bridgehead atoms. The largest absolute Gasteiger partial charge is 0.497 e. The lowest BCUT2D eigenvalue weighted by molar-refractivity contribution is 0.342. The second-order valence-corrected chi connectivity index (χ2v) is 9.57. The van der Waals surface area contributed by atoms with Gasteiger partial charge in [0.2, 0.25) is 10.0 Å². The molecule has 0 saturated carbocycles. The van der Waals surface area contributed by atoms with Crippen LogP contribution < -0.4 is 14.6 Å². The van der Waals surface area contributed by atoms with E-state index in [1.807, 2.05) is 48.5 Å². The van der Waals surface area contributed by atoms with Crippen LogP contribution in [0.3, 0.4) is 0 Å². The minimum atomic E-state index is -3.83. The van der Waals surface area contributed by atoms with Gasteiger partial charge in [0.15, 0.2) is 0 Å². The molecular weight excluding hydrogens is 412 g/mol. The van der Waals surface area contributed by atoms with Crippen LogP contribution >= 0.6 is 0 Å². The lowest BCUT2D eigenvalue weighted by Gasteiger charge is -2.30. The fourth-order valence-electron chi connectivity index (χ4n) is 3.72. The summed E-state index contributed by atoms with van der Waals surface area (Å²) in [6, 6.07) is 17.4. The van der Waals surface area contributed by atoms with Crippen molar-refractivity contribution in [1.29, 1.82) is 5.26 Å². The number of methoxy groups -OCH3 is 2. The Balaban J connectivity index is 2.42. The highest BCUT2D eigenvalue weighted by Gasteiger charge is 2.37. The van der Waals surface area contributed by atoms with Crippen LogP contribution in [0.1, 0.15) is 30.4 Å². The zero-order chi connectivity index (χ0) is 22.9. The average molecular weight is 443 g/mol. The molecule has 0 amide bonds. The maximum absolute atomic E-state index is 12.3. The topological polar surface area (TPSA) is 102 Å². The third-order valence-electron chi connectivity index (χ3n) is 5.42. The number of benzene rings is 2. The quantitative estimate of drug-likeness (QED) is 0.500. The number of nitrogens with two attached hydrogens (primary N) is 1. The van der Waals surface area contributed by atoms with E-state index < -0.39 is 20.7 Å². The third kappa shape index (κ3) is 7.12. The van der Waals surface area contributed by atoms with Crippen molar-refractivity contribution in [2.45, 2.75) is 37.4 Å². The summed E-state index contributed by atoms with van der Waals surface area (Å²) < 4.78 is 35.0. The Bertz CT molecular complexity index is 944. The predicted molar refractivity (Wildman–Crippen MR) is 122 cm³/mol. The van der Waals surface area contributed by atoms with Crippen molar-refractivity contribution in [2.75, 3.05) is 14.2 Å². The molecule has 6 nitrogen and oxygen atoms in total. The predicted octanol–water partition coefficient (Wildman–Crippen LogP) is 4.01. The van der Waals surface area contributed by atoms with Crippen LogP contribution in [0.25, 0.3) is 0 Å². The zero-order valence-electron chi connectivity index (χ0n) is 18.1. The standard InChI is InChI=1S/C24H30N2O4S/c1-4-5-6-23(31(26,27)28)17-24(18-25,15-19-7-11-21(29-2)12-8-19)16-20-9-13-22(30-3)14-10-20/h4,7-14,23H,1,5-6,15-17H2,2-3H3,(H2,26,27,28)/t23-/m1/s1. The van der Waals surface area contributed by atoms with Gasteiger partial charge in [0.05, 0.1) is 31.0 Å². The highest BCUT2D eigenvalue weighted by atomic mass is 32.2. The molecule has 0 fully saturated rings. The molecule has 0 unspecified atom stereocenters. The van der Waals surface area contributed by atoms with E-state index in [0.29, 0.717) is 25.7 Å². The molecule has 0 aliphatic rings. The number of nitriles is 1. The van der Waals surface area contributed by atoms with Gasteiger partial charge < -0.3 is 9.47 Å². The first-order valence-electron chi connectivity index (χ1n) is 10.0. The summed E-state index contributed by atoms with van der Waals surface area (Å²) >= 11 is 0. The molecule has 0 aliphatic carbocycles. The van der Waals surface area contributed by atoms with Crippen LogP contribution in [0.2, 0.25) is 0 Å². The summed E-state index contributed by atoms with van der Waals surface area (Å²) in [6.45, 7) is 3.68. The number of hydrogen-bond donors (Lipinski definition) is 1. The van der Waals surface area contributed by atoms with E-state index in [4.69, 9.17) is 14.6 Å². The monoisotopic (exact) mass is 442 g/mol. The number of nitrogens with zero attached hydrogens (tertiary/aromatic N) is 1. The molecule has 2 aromatic rings. The van der Waals surface area contributed by atoms with Gasteiger partial charge in [-0.15, -0.1) is 6.58 Å². The van der Waals surface area contributed by atoms with E-state index in [1.165, 1.54) is 0 Å². The van der Waals surface area contributed by atoms with Crippen molar-refractivity contribution >= 4 is 10.0 Å². The van der Waals surface area contributed by atoms with Gasteiger partial charge in [0.25, 0.3) is 0 Å². The van der Waals surface area contributed by atoms with E-state index in [-0.39, 0.29) is 6.42 Å². The van der Waals surface area contributed by atoms with Crippen molar-refractivity contribution in [1.82, 2.24) is 0 Å². The van der Waals surface area contributed by atoms with Gasteiger partial charge in [-0.3, -0.25) is 0 Å². The molecule has 0 heterocycles. The Labute approximate surface area is 185 Å². The van der Waals surface area contributed by atoms with Gasteiger partial charge in [0, 0.05) is 0 Å². The first kappa shape index (κ1) is 24.4. The molecule has 0 saturated heterocycles. The van der Waals surface area contributed by atoms with Crippen LogP contribution in [0.4, 0.5) is 0 Å². The lowest BCUT2D eigenvalue weighted by atomic mass is 9.74. The maximum atomic E-state index is 12.3. The second-order valence-electron chi connectivity index (χ2n) is 7.72. The number of sulfonamides is 1. The fraction of sp³-hybridized carbons (Fsp3) is 0.375. The summed E-state index contributed by atoms with van der Waals surface area (Å²) in [5.74, 6) is 1.43. The lowest BCUT2D eigenvalue weighted by Crippen LogP contribution is -2.37. The van der Waals surface area contributed by atoms with Crippen LogP contribution in [0.5, 0.6) is 11.5 Å². The molecule has 0 radical (unpaired) electrons. The molecule has 0 spiro atoms. The summed E-state index contributed by atoms with van der Waals surface area (Å²) in [6.07, 6.45) is 3.41. The highest BCUT2D eigenvalue weighted by molar-refractivity contribution is 7.89. The van der Waals surface area contributed by atoms with Crippen LogP contribution in [0.15, 0.2) is 61.2 Å². The minimum Gasteiger partial charge on any atom is -0.497 e. The van der Waals surface area contributed by atoms with E-state index >= 15 is 0 Å². The SMILES string of the molecule is C=CCC[C@H](CC(C#N)(Cc1ccc(OC)cc1)Cc1ccc(OC)cc1)S(N)(=O)=O. The van der Waals surface area contributed by atoms with Crippen LogP contribution in [0, 0.1) is 16.7 Å². The van der Waals surface area contributed by atoms with E-state index in [2.05, 4.69) is 12.6 Å². The second kappa shape index (κ2) is 11.0. The number of allylic oxidation sites excluding steroid dienone is 1. The first-order chi connectivity index (χ1) is 14.7. The summed E-state index contributed by atoms with van der Waals surface area (Å²) in [5.41, 5.74) is 0.891. The normalized spacial score (nSPS) is 12.6. The molecule has 1 atom stereocenters. The molecular formula is C24H30N2O4S. The molecule has 2 N–H and O–H groups in total. The minimum absolute atomic E-state index is 0.133. The summed E-state index contributed by atoms with van der Waals surface area (Å²) in [7, 11) is -0.642. The molecule has 31 heavy (non-hydrogen) atoms. The summed E-state index contributed by atoms with van der Waals surface area (Å²) in [5, 5.41) is 15.0. The van der Waals surface area contributed by atoms with Crippen molar-refractivity contribution < 1.29 is 17.9 Å².